The van der Waals surface area contributed by atoms with E-state index in [1.165, 1.54) is 36.3 Å². The Bertz CT molecular complexity index is 310. The number of nitrogens with two attached hydrogens (primary N) is 1. The van der Waals surface area contributed by atoms with Crippen molar-refractivity contribution < 1.29 is 4.42 Å². The summed E-state index contributed by atoms with van der Waals surface area (Å²) in [5, 5.41) is 0. The van der Waals surface area contributed by atoms with Crippen LogP contribution in [0.25, 0.3) is 0 Å². The fraction of sp³-hybridized carbons (Fsp3) is 0.667. The van der Waals surface area contributed by atoms with E-state index in [9.17, 15) is 0 Å². The molecule has 2 nitrogen and oxygen atoms in total. The van der Waals surface area contributed by atoms with Crippen molar-refractivity contribution >= 4 is 11.8 Å². The molecule has 2 unspecified atom stereocenters. The maximum atomic E-state index is 6.04. The summed E-state index contributed by atoms with van der Waals surface area (Å²) >= 11 is 1.89. The highest BCUT2D eigenvalue weighted by Crippen LogP contribution is 2.30. The molecule has 2 atom stereocenters. The van der Waals surface area contributed by atoms with Crippen LogP contribution in [-0.2, 0) is 0 Å². The molecule has 15 heavy (non-hydrogen) atoms. The van der Waals surface area contributed by atoms with Crippen molar-refractivity contribution in [2.75, 3.05) is 5.75 Å². The third kappa shape index (κ3) is 2.79. The van der Waals surface area contributed by atoms with Crippen LogP contribution in [0.5, 0.6) is 0 Å². The lowest BCUT2D eigenvalue weighted by Gasteiger charge is -2.14. The predicted molar refractivity (Wildman–Crippen MR) is 64.1 cm³/mol. The van der Waals surface area contributed by atoms with Crippen LogP contribution in [0, 0.1) is 12.8 Å². The molecule has 0 aliphatic heterocycles. The number of thioether (sulfide) groups is 1. The first-order valence-corrected chi connectivity index (χ1v) is 6.68. The molecule has 1 saturated carbocycles. The van der Waals surface area contributed by atoms with Crippen molar-refractivity contribution in [3.8, 4) is 0 Å². The van der Waals surface area contributed by atoms with Gasteiger partial charge in [-0.2, -0.15) is 0 Å². The van der Waals surface area contributed by atoms with Crippen molar-refractivity contribution in [1.82, 2.24) is 0 Å². The van der Waals surface area contributed by atoms with Gasteiger partial charge in [0, 0.05) is 10.9 Å². The average molecular weight is 225 g/mol. The van der Waals surface area contributed by atoms with E-state index in [0.717, 1.165) is 11.7 Å². The molecule has 0 aromatic carbocycles. The van der Waals surface area contributed by atoms with Gasteiger partial charge in [0.2, 0.25) is 0 Å². The summed E-state index contributed by atoms with van der Waals surface area (Å²) in [5.41, 5.74) is 6.04. The largest absolute Gasteiger partial charge is 0.468 e. The molecular formula is C12H19NOS. The molecule has 84 valence electrons. The Hall–Kier alpha value is -0.410. The third-order valence-corrected chi connectivity index (χ3v) is 4.45. The van der Waals surface area contributed by atoms with Crippen molar-refractivity contribution in [1.29, 1.82) is 0 Å². The number of hydrogen-bond acceptors (Lipinski definition) is 3. The first kappa shape index (κ1) is 11.1. The highest BCUT2D eigenvalue weighted by atomic mass is 32.2. The molecule has 2 rings (SSSR count). The van der Waals surface area contributed by atoms with Crippen molar-refractivity contribution in [3.05, 3.63) is 18.1 Å². The van der Waals surface area contributed by atoms with Gasteiger partial charge in [0.25, 0.3) is 0 Å². The topological polar surface area (TPSA) is 39.2 Å². The zero-order valence-electron chi connectivity index (χ0n) is 9.24. The highest BCUT2D eigenvalue weighted by molar-refractivity contribution is 7.99. The smallest absolute Gasteiger partial charge is 0.114 e. The van der Waals surface area contributed by atoms with E-state index in [1.54, 1.807) is 6.26 Å². The first-order chi connectivity index (χ1) is 7.27. The molecule has 1 aliphatic rings. The summed E-state index contributed by atoms with van der Waals surface area (Å²) in [6.07, 6.45) is 6.88. The lowest BCUT2D eigenvalue weighted by atomic mass is 10.0. The van der Waals surface area contributed by atoms with Crippen LogP contribution in [0.15, 0.2) is 21.6 Å². The minimum Gasteiger partial charge on any atom is -0.468 e. The molecular weight excluding hydrogens is 206 g/mol. The zero-order chi connectivity index (χ0) is 10.7. The predicted octanol–water partition coefficient (Wildman–Crippen LogP) is 3.20. The maximum absolute atomic E-state index is 6.04. The number of aryl methyl sites for hydroxylation is 1. The summed E-state index contributed by atoms with van der Waals surface area (Å²) < 4.78 is 5.26. The van der Waals surface area contributed by atoms with Crippen molar-refractivity contribution in [3.63, 3.8) is 0 Å². The molecule has 1 aromatic heterocycles. The second-order valence-electron chi connectivity index (χ2n) is 4.33. The summed E-state index contributed by atoms with van der Waals surface area (Å²) in [4.78, 5) is 1.28. The zero-order valence-corrected chi connectivity index (χ0v) is 10.1. The van der Waals surface area contributed by atoms with Gasteiger partial charge < -0.3 is 10.2 Å². The van der Waals surface area contributed by atoms with Gasteiger partial charge in [-0.1, -0.05) is 6.42 Å². The number of furan rings is 1. The van der Waals surface area contributed by atoms with Crippen molar-refractivity contribution in [2.24, 2.45) is 11.7 Å². The Morgan fingerprint density at radius 3 is 3.00 bits per heavy atom. The Morgan fingerprint density at radius 1 is 1.53 bits per heavy atom. The second-order valence-corrected chi connectivity index (χ2v) is 5.47. The van der Waals surface area contributed by atoms with E-state index in [-0.39, 0.29) is 0 Å². The lowest BCUT2D eigenvalue weighted by molar-refractivity contribution is 0.470. The summed E-state index contributed by atoms with van der Waals surface area (Å²) in [6, 6.07) is 2.50. The van der Waals surface area contributed by atoms with Crippen LogP contribution in [0.3, 0.4) is 0 Å². The van der Waals surface area contributed by atoms with Crippen LogP contribution in [-0.4, -0.2) is 11.8 Å². The monoisotopic (exact) mass is 225 g/mol. The van der Waals surface area contributed by atoms with Gasteiger partial charge >= 0.3 is 0 Å². The van der Waals surface area contributed by atoms with Gasteiger partial charge in [-0.15, -0.1) is 11.8 Å². The molecule has 0 saturated heterocycles. The summed E-state index contributed by atoms with van der Waals surface area (Å²) in [5.74, 6) is 2.96. The molecule has 0 radical (unpaired) electrons. The molecule has 1 fully saturated rings. The Labute approximate surface area is 95.6 Å². The molecule has 3 heteroatoms. The Kier molecular flexibility index (Phi) is 3.76. The van der Waals surface area contributed by atoms with Gasteiger partial charge in [0.15, 0.2) is 0 Å². The first-order valence-electron chi connectivity index (χ1n) is 5.70. The van der Waals surface area contributed by atoms with Crippen LogP contribution >= 0.6 is 11.8 Å². The molecule has 0 spiro atoms. The van der Waals surface area contributed by atoms with Crippen LogP contribution < -0.4 is 5.73 Å². The lowest BCUT2D eigenvalue weighted by Crippen LogP contribution is -2.24. The van der Waals surface area contributed by atoms with Gasteiger partial charge in [0.05, 0.1) is 6.26 Å². The third-order valence-electron chi connectivity index (χ3n) is 3.28. The molecule has 1 aromatic rings. The summed E-state index contributed by atoms with van der Waals surface area (Å²) in [6.45, 7) is 2.02. The molecule has 0 amide bonds. The molecule has 1 heterocycles. The fourth-order valence-corrected chi connectivity index (χ4v) is 3.31. The van der Waals surface area contributed by atoms with Crippen LogP contribution in [0.2, 0.25) is 0 Å². The van der Waals surface area contributed by atoms with E-state index in [0.29, 0.717) is 6.04 Å². The van der Waals surface area contributed by atoms with Crippen LogP contribution in [0.4, 0.5) is 0 Å². The van der Waals surface area contributed by atoms with Crippen molar-refractivity contribution in [2.45, 2.75) is 43.5 Å². The SMILES string of the molecule is Cc1occc1SCCC1CCCC1N. The van der Waals surface area contributed by atoms with E-state index >= 15 is 0 Å². The molecule has 1 aliphatic carbocycles. The van der Waals surface area contributed by atoms with Gasteiger partial charge in [-0.05, 0) is 43.9 Å². The number of rotatable bonds is 4. The fourth-order valence-electron chi connectivity index (χ4n) is 2.27. The molecule has 2 N–H and O–H groups in total. The van der Waals surface area contributed by atoms with E-state index in [2.05, 4.69) is 6.07 Å². The Balaban J connectivity index is 1.73. The van der Waals surface area contributed by atoms with E-state index in [1.807, 2.05) is 18.7 Å². The van der Waals surface area contributed by atoms with E-state index < -0.39 is 0 Å². The maximum Gasteiger partial charge on any atom is 0.114 e. The van der Waals surface area contributed by atoms with Gasteiger partial charge in [0.1, 0.15) is 5.76 Å². The van der Waals surface area contributed by atoms with Gasteiger partial charge in [-0.3, -0.25) is 0 Å². The number of hydrogen-bond donors (Lipinski definition) is 1. The standard InChI is InChI=1S/C12H19NOS/c1-9-12(5-7-14-9)15-8-6-10-3-2-4-11(10)13/h5,7,10-11H,2-4,6,8,13H2,1H3. The summed E-state index contributed by atoms with van der Waals surface area (Å²) in [7, 11) is 0. The minimum absolute atomic E-state index is 0.455. The quantitative estimate of drug-likeness (QED) is 0.800. The highest BCUT2D eigenvalue weighted by Gasteiger charge is 2.23. The Morgan fingerprint density at radius 2 is 2.40 bits per heavy atom. The minimum atomic E-state index is 0.455. The molecule has 0 bridgehead atoms. The van der Waals surface area contributed by atoms with Crippen LogP contribution in [0.1, 0.15) is 31.4 Å². The second kappa shape index (κ2) is 5.08. The average Bonchev–Trinajstić information content (AvgIpc) is 2.78. The van der Waals surface area contributed by atoms with Gasteiger partial charge in [-0.25, -0.2) is 0 Å². The van der Waals surface area contributed by atoms with E-state index in [4.69, 9.17) is 10.2 Å². The normalized spacial score (nSPS) is 26.0.